The number of hydrogen-bond donors (Lipinski definition) is 0. The highest BCUT2D eigenvalue weighted by Gasteiger charge is 2.32. The van der Waals surface area contributed by atoms with Gasteiger partial charge < -0.3 is 14.5 Å². The molecule has 0 spiro atoms. The first-order valence-corrected chi connectivity index (χ1v) is 22.2. The van der Waals surface area contributed by atoms with Gasteiger partial charge in [0.1, 0.15) is 24.0 Å². The van der Waals surface area contributed by atoms with Crippen molar-refractivity contribution in [2.75, 3.05) is 16.5 Å². The predicted octanol–water partition coefficient (Wildman–Crippen LogP) is 16.8. The molecule has 11 rings (SSSR count). The van der Waals surface area contributed by atoms with Gasteiger partial charge in [-0.3, -0.25) is 4.57 Å². The summed E-state index contributed by atoms with van der Waals surface area (Å²) in [6.45, 7) is 12.4. The molecule has 0 radical (unpaired) electrons. The summed E-state index contributed by atoms with van der Waals surface area (Å²) in [4.78, 5) is 8.82. The molecule has 0 amide bonds. The Morgan fingerprint density at radius 1 is 0.507 bits per heavy atom. The number of benzene rings is 8. The molecule has 0 bridgehead atoms. The summed E-state index contributed by atoms with van der Waals surface area (Å²) in [7, 11) is 0. The Morgan fingerprint density at radius 3 is 1.93 bits per heavy atom. The Hall–Kier alpha value is -7.89. The van der Waals surface area contributed by atoms with Crippen molar-refractivity contribution in [1.29, 1.82) is 0 Å². The number of fused-ring (bicyclic) bond motifs is 4. The molecule has 0 saturated heterocycles. The van der Waals surface area contributed by atoms with Crippen molar-refractivity contribution in [2.45, 2.75) is 52.4 Å². The lowest BCUT2D eigenvalue weighted by molar-refractivity contribution is 0.483. The second-order valence-electron chi connectivity index (χ2n) is 18.8. The Labute approximate surface area is 412 Å². The van der Waals surface area contributed by atoms with Crippen molar-refractivity contribution in [2.24, 2.45) is 0 Å². The lowest BCUT2D eigenvalue weighted by Gasteiger charge is -2.28. The van der Waals surface area contributed by atoms with E-state index in [1.807, 2.05) is 106 Å². The van der Waals surface area contributed by atoms with E-state index < -0.39 is 41.7 Å². The Kier molecular flexibility index (Phi) is 7.30. The fourth-order valence-corrected chi connectivity index (χ4v) is 8.92. The van der Waals surface area contributed by atoms with E-state index in [-0.39, 0.29) is 71.5 Å². The van der Waals surface area contributed by atoms with Gasteiger partial charge in [-0.2, -0.15) is 0 Å². The zero-order valence-corrected chi connectivity index (χ0v) is 38.0. The van der Waals surface area contributed by atoms with Crippen molar-refractivity contribution in [3.8, 4) is 50.7 Å². The maximum atomic E-state index is 9.54. The molecule has 5 heteroatoms. The second-order valence-corrected chi connectivity index (χ2v) is 18.8. The SMILES string of the molecule is [2H]c1nc(-n2c3ccc(-c4c([2H])c([2H])c([2H])c([2H])c4[2H])cc3c3ccc(Oc4cccc(N5CN(c6c(-c7cccc(C(C)(C)C)c7)cccc6-c6c([2H])c([2H])c([2H])c([2H])c6[2H])c6ccccc65)c4)cc32)c([2H])c(C(C)(C)C)c1[2H]. The van der Waals surface area contributed by atoms with Crippen molar-refractivity contribution in [3.63, 3.8) is 0 Å². The van der Waals surface area contributed by atoms with E-state index in [1.54, 1.807) is 34.9 Å². The quantitative estimate of drug-likeness (QED) is 0.152. The minimum absolute atomic E-state index is 0.0348. The maximum absolute atomic E-state index is 9.54. The molecular weight excluding hydrogens is 817 g/mol. The van der Waals surface area contributed by atoms with E-state index in [0.717, 1.165) is 33.8 Å². The minimum atomic E-state index is -0.700. The highest BCUT2D eigenvalue weighted by atomic mass is 16.5. The van der Waals surface area contributed by atoms with Gasteiger partial charge in [0, 0.05) is 45.9 Å². The lowest BCUT2D eigenvalue weighted by Crippen LogP contribution is -2.25. The number of anilines is 4. The van der Waals surface area contributed by atoms with Crippen LogP contribution in [-0.2, 0) is 10.8 Å². The van der Waals surface area contributed by atoms with Crippen LogP contribution >= 0.6 is 0 Å². The number of nitrogens with zero attached hydrogens (tertiary/aromatic N) is 4. The van der Waals surface area contributed by atoms with E-state index in [0.29, 0.717) is 55.7 Å². The zero-order valence-electron chi connectivity index (χ0n) is 51.0. The van der Waals surface area contributed by atoms with Crippen LogP contribution in [0.3, 0.4) is 0 Å². The van der Waals surface area contributed by atoms with Gasteiger partial charge in [-0.15, -0.1) is 0 Å². The summed E-state index contributed by atoms with van der Waals surface area (Å²) >= 11 is 0. The molecule has 0 N–H and O–H groups in total. The summed E-state index contributed by atoms with van der Waals surface area (Å²) in [6, 6.07) is 35.9. The molecule has 3 heterocycles. The highest BCUT2D eigenvalue weighted by molar-refractivity contribution is 6.11. The average molecular weight is 884 g/mol. The molecule has 8 aromatic carbocycles. The Balaban J connectivity index is 1.04. The molecule has 0 aliphatic carbocycles. The largest absolute Gasteiger partial charge is 0.457 e. The third-order valence-corrected chi connectivity index (χ3v) is 12.3. The Morgan fingerprint density at radius 2 is 1.18 bits per heavy atom. The van der Waals surface area contributed by atoms with E-state index in [9.17, 15) is 1.37 Å². The van der Waals surface area contributed by atoms with Crippen molar-refractivity contribution >= 4 is 44.6 Å². The zero-order chi connectivity index (χ0) is 57.2. The highest BCUT2D eigenvalue weighted by Crippen LogP contribution is 2.51. The monoisotopic (exact) mass is 884 g/mol. The van der Waals surface area contributed by atoms with Gasteiger partial charge in [-0.05, 0) is 105 Å². The molecule has 1 aliphatic rings. The minimum Gasteiger partial charge on any atom is -0.457 e. The maximum Gasteiger partial charge on any atom is 0.137 e. The Bertz CT molecular complexity index is 4180. The molecule has 0 saturated carbocycles. The van der Waals surface area contributed by atoms with Crippen molar-refractivity contribution in [3.05, 3.63) is 217 Å². The average Bonchev–Trinajstić information content (AvgIpc) is 4.02. The van der Waals surface area contributed by atoms with Gasteiger partial charge >= 0.3 is 0 Å². The fourth-order valence-electron chi connectivity index (χ4n) is 8.92. The summed E-state index contributed by atoms with van der Waals surface area (Å²) < 4.78 is 122. The summed E-state index contributed by atoms with van der Waals surface area (Å²) in [5.41, 5.74) is 7.46. The van der Waals surface area contributed by atoms with E-state index in [2.05, 4.69) is 47.7 Å². The molecule has 1 aliphatic heterocycles. The molecule has 2 aromatic heterocycles. The molecule has 0 fully saturated rings. The van der Waals surface area contributed by atoms with Gasteiger partial charge in [0.15, 0.2) is 0 Å². The molecular formula is C62H54N4O. The van der Waals surface area contributed by atoms with Crippen LogP contribution in [0.1, 0.15) is 70.5 Å². The van der Waals surface area contributed by atoms with Gasteiger partial charge in [-0.1, -0.05) is 169 Å². The number of para-hydroxylation sites is 3. The molecule has 0 unspecified atom stereocenters. The van der Waals surface area contributed by atoms with Crippen LogP contribution in [0.2, 0.25) is 0 Å². The van der Waals surface area contributed by atoms with Crippen LogP contribution in [0, 0.1) is 0 Å². The lowest BCUT2D eigenvalue weighted by atomic mass is 9.85. The number of aromatic nitrogens is 2. The number of rotatable bonds is 8. The van der Waals surface area contributed by atoms with Crippen molar-refractivity contribution < 1.29 is 22.6 Å². The molecule has 67 heavy (non-hydrogen) atoms. The van der Waals surface area contributed by atoms with Gasteiger partial charge in [0.2, 0.25) is 0 Å². The molecule has 0 atom stereocenters. The van der Waals surface area contributed by atoms with Crippen LogP contribution in [0.4, 0.5) is 22.7 Å². The van der Waals surface area contributed by atoms with E-state index in [4.69, 9.17) is 21.2 Å². The van der Waals surface area contributed by atoms with Crippen LogP contribution in [0.15, 0.2) is 206 Å². The predicted molar refractivity (Wildman–Crippen MR) is 281 cm³/mol. The first-order chi connectivity index (χ1) is 37.9. The van der Waals surface area contributed by atoms with E-state index in [1.165, 1.54) is 0 Å². The fraction of sp³-hybridized carbons (Fsp3) is 0.145. The smallest absolute Gasteiger partial charge is 0.137 e. The molecule has 10 aromatic rings. The number of hydrogen-bond acceptors (Lipinski definition) is 4. The van der Waals surface area contributed by atoms with E-state index >= 15 is 0 Å². The third kappa shape index (κ3) is 7.80. The van der Waals surface area contributed by atoms with Crippen LogP contribution < -0.4 is 14.5 Å². The summed E-state index contributed by atoms with van der Waals surface area (Å²) in [5, 5.41) is 1.28. The first-order valence-electron chi connectivity index (χ1n) is 28.7. The standard InChI is InChI=1S/C62H54N4O/c1-61(2,3)46-23-15-22-45(36-46)52-27-17-26-51(43-20-11-8-12-21-43)60(52)65-41-64(56-28-13-14-29-57(56)65)48-24-16-25-49(39-48)67-50-31-32-53-54-37-44(42-18-9-7-10-19-42)30-33-55(54)66(58(53)40-50)59-38-47(34-35-63-59)62(4,5)6/h7-40H,41H2,1-6H3/i7D,8D,9D,10D,11D,12D,18D,19D,20D,21D,34D,35D,38D. The molecule has 5 nitrogen and oxygen atoms in total. The number of ether oxygens (including phenoxy) is 1. The molecule has 328 valence electrons. The van der Waals surface area contributed by atoms with Crippen LogP contribution in [0.25, 0.3) is 61.0 Å². The number of pyridine rings is 1. The van der Waals surface area contributed by atoms with Crippen molar-refractivity contribution in [1.82, 2.24) is 9.55 Å². The van der Waals surface area contributed by atoms with Crippen LogP contribution in [-0.4, -0.2) is 16.2 Å². The summed E-state index contributed by atoms with van der Waals surface area (Å²) in [5.74, 6) is 0.999. The van der Waals surface area contributed by atoms with Gasteiger partial charge in [-0.25, -0.2) is 4.98 Å². The van der Waals surface area contributed by atoms with Gasteiger partial charge in [0.05, 0.1) is 45.9 Å². The normalized spacial score (nSPS) is 15.5. The summed E-state index contributed by atoms with van der Waals surface area (Å²) in [6.07, 6.45) is -0.304. The first kappa shape index (κ1) is 29.6. The van der Waals surface area contributed by atoms with Gasteiger partial charge in [0.25, 0.3) is 0 Å². The topological polar surface area (TPSA) is 33.5 Å². The third-order valence-electron chi connectivity index (χ3n) is 12.3. The van der Waals surface area contributed by atoms with Crippen LogP contribution in [0.5, 0.6) is 11.5 Å². The second kappa shape index (κ2) is 16.5.